The molecule has 0 aromatic heterocycles. The Morgan fingerprint density at radius 3 is 2.28 bits per heavy atom. The molecule has 1 unspecified atom stereocenters. The van der Waals surface area contributed by atoms with Crippen LogP contribution in [0.15, 0.2) is 35.6 Å². The largest absolute Gasteiger partial charge is 0.480 e. The number of aliphatic carboxylic acids is 1. The third-order valence-electron chi connectivity index (χ3n) is 3.12. The predicted molar refractivity (Wildman–Crippen MR) is 65.8 cm³/mol. The van der Waals surface area contributed by atoms with Crippen LogP contribution >= 0.6 is 0 Å². The molecule has 1 heterocycles. The van der Waals surface area contributed by atoms with E-state index in [-0.39, 0.29) is 0 Å². The summed E-state index contributed by atoms with van der Waals surface area (Å²) in [6.07, 6.45) is 0. The zero-order chi connectivity index (χ0) is 13.0. The van der Waals surface area contributed by atoms with Crippen LogP contribution in [0.2, 0.25) is 0 Å². The molecular weight excluding hydrogens is 234 g/mol. The smallest absolute Gasteiger partial charge is 0.325 e. The number of carboxylic acids is 1. The van der Waals surface area contributed by atoms with Crippen LogP contribution in [0.5, 0.6) is 0 Å². The van der Waals surface area contributed by atoms with Crippen molar-refractivity contribution >= 4 is 5.97 Å². The standard InChI is InChI=1S/C12H15N3O3/c16-12(17)11(10-4-2-1-3-5-10)14-6-8-15(13-18)9-7-14/h1-5,11H,6-9H2,(H,16,17). The van der Waals surface area contributed by atoms with Crippen molar-refractivity contribution in [2.24, 2.45) is 5.29 Å². The molecule has 0 radical (unpaired) electrons. The van der Waals surface area contributed by atoms with E-state index in [2.05, 4.69) is 5.29 Å². The highest BCUT2D eigenvalue weighted by molar-refractivity contribution is 5.75. The summed E-state index contributed by atoms with van der Waals surface area (Å²) in [5.74, 6) is -0.867. The van der Waals surface area contributed by atoms with Gasteiger partial charge in [-0.15, -0.1) is 4.91 Å². The molecule has 1 N–H and O–H groups in total. The van der Waals surface area contributed by atoms with E-state index in [4.69, 9.17) is 0 Å². The first kappa shape index (κ1) is 12.5. The molecule has 1 saturated heterocycles. The number of benzene rings is 1. The van der Waals surface area contributed by atoms with Gasteiger partial charge in [-0.2, -0.15) is 0 Å². The topological polar surface area (TPSA) is 73.2 Å². The van der Waals surface area contributed by atoms with Gasteiger partial charge in [0, 0.05) is 13.1 Å². The van der Waals surface area contributed by atoms with Gasteiger partial charge >= 0.3 is 5.97 Å². The fourth-order valence-corrected chi connectivity index (χ4v) is 2.20. The second-order valence-corrected chi connectivity index (χ2v) is 4.22. The summed E-state index contributed by atoms with van der Waals surface area (Å²) in [5.41, 5.74) is 0.762. The van der Waals surface area contributed by atoms with Crippen molar-refractivity contribution in [3.8, 4) is 0 Å². The number of hydrogen-bond donors (Lipinski definition) is 1. The Labute approximate surface area is 105 Å². The minimum atomic E-state index is -0.867. The molecule has 6 heteroatoms. The van der Waals surface area contributed by atoms with Crippen LogP contribution in [0.3, 0.4) is 0 Å². The van der Waals surface area contributed by atoms with Crippen LogP contribution in [-0.4, -0.2) is 47.2 Å². The average Bonchev–Trinajstić information content (AvgIpc) is 2.40. The van der Waals surface area contributed by atoms with E-state index in [9.17, 15) is 14.8 Å². The maximum absolute atomic E-state index is 11.4. The first-order valence-electron chi connectivity index (χ1n) is 5.82. The molecule has 0 amide bonds. The number of piperazine rings is 1. The summed E-state index contributed by atoms with van der Waals surface area (Å²) in [7, 11) is 0. The van der Waals surface area contributed by atoms with E-state index in [0.717, 1.165) is 5.56 Å². The number of carbonyl (C=O) groups is 1. The maximum atomic E-state index is 11.4. The van der Waals surface area contributed by atoms with Gasteiger partial charge in [-0.1, -0.05) is 30.3 Å². The Morgan fingerprint density at radius 1 is 1.17 bits per heavy atom. The summed E-state index contributed by atoms with van der Waals surface area (Å²) < 4.78 is 0. The molecule has 2 rings (SSSR count). The second kappa shape index (κ2) is 5.59. The number of nitrogens with zero attached hydrogens (tertiary/aromatic N) is 3. The fraction of sp³-hybridized carbons (Fsp3) is 0.417. The number of rotatable bonds is 4. The summed E-state index contributed by atoms with van der Waals surface area (Å²) in [6, 6.07) is 8.48. The van der Waals surface area contributed by atoms with E-state index >= 15 is 0 Å². The van der Waals surface area contributed by atoms with Gasteiger partial charge in [0.15, 0.2) is 0 Å². The lowest BCUT2D eigenvalue weighted by atomic mass is 10.0. The molecule has 0 saturated carbocycles. The number of nitroso groups, excluding NO2 is 1. The Kier molecular flexibility index (Phi) is 3.88. The number of hydrogen-bond acceptors (Lipinski definition) is 4. The summed E-state index contributed by atoms with van der Waals surface area (Å²) >= 11 is 0. The van der Waals surface area contributed by atoms with Gasteiger partial charge in [0.1, 0.15) is 6.04 Å². The SMILES string of the molecule is O=NN1CCN(C(C(=O)O)c2ccccc2)CC1. The van der Waals surface area contributed by atoms with Crippen molar-refractivity contribution < 1.29 is 9.90 Å². The molecule has 6 nitrogen and oxygen atoms in total. The van der Waals surface area contributed by atoms with Crippen LogP contribution in [0, 0.1) is 4.91 Å². The third-order valence-corrected chi connectivity index (χ3v) is 3.12. The second-order valence-electron chi connectivity index (χ2n) is 4.22. The Hall–Kier alpha value is -1.95. The van der Waals surface area contributed by atoms with Gasteiger partial charge in [0.05, 0.1) is 18.4 Å². The molecule has 1 aromatic carbocycles. The van der Waals surface area contributed by atoms with Gasteiger partial charge < -0.3 is 5.11 Å². The fourth-order valence-electron chi connectivity index (χ4n) is 2.20. The molecule has 96 valence electrons. The molecule has 1 aromatic rings. The van der Waals surface area contributed by atoms with E-state index in [1.54, 1.807) is 0 Å². The summed E-state index contributed by atoms with van der Waals surface area (Å²) in [4.78, 5) is 23.7. The lowest BCUT2D eigenvalue weighted by Crippen LogP contribution is -2.47. The van der Waals surface area contributed by atoms with Crippen molar-refractivity contribution in [1.82, 2.24) is 9.91 Å². The zero-order valence-electron chi connectivity index (χ0n) is 9.90. The van der Waals surface area contributed by atoms with E-state index in [0.29, 0.717) is 26.2 Å². The van der Waals surface area contributed by atoms with Crippen LogP contribution in [0.25, 0.3) is 0 Å². The van der Waals surface area contributed by atoms with Crippen LogP contribution in [-0.2, 0) is 4.79 Å². The van der Waals surface area contributed by atoms with Crippen LogP contribution in [0.4, 0.5) is 0 Å². The minimum Gasteiger partial charge on any atom is -0.480 e. The first-order chi connectivity index (χ1) is 8.72. The molecule has 1 aliphatic rings. The third kappa shape index (κ3) is 2.65. The molecule has 0 aliphatic carbocycles. The van der Waals surface area contributed by atoms with Crippen molar-refractivity contribution in [1.29, 1.82) is 0 Å². The quantitative estimate of drug-likeness (QED) is 0.809. The molecule has 1 aliphatic heterocycles. The van der Waals surface area contributed by atoms with Crippen molar-refractivity contribution in [2.75, 3.05) is 26.2 Å². The van der Waals surface area contributed by atoms with Gasteiger partial charge in [0.25, 0.3) is 0 Å². The maximum Gasteiger partial charge on any atom is 0.325 e. The monoisotopic (exact) mass is 249 g/mol. The minimum absolute atomic E-state index is 0.472. The van der Waals surface area contributed by atoms with Crippen molar-refractivity contribution in [2.45, 2.75) is 6.04 Å². The van der Waals surface area contributed by atoms with E-state index in [1.165, 1.54) is 5.01 Å². The lowest BCUT2D eigenvalue weighted by molar-refractivity contribution is -0.144. The van der Waals surface area contributed by atoms with Crippen molar-refractivity contribution in [3.05, 3.63) is 40.8 Å². The zero-order valence-corrected chi connectivity index (χ0v) is 9.90. The highest BCUT2D eigenvalue weighted by Gasteiger charge is 2.30. The van der Waals surface area contributed by atoms with Crippen LogP contribution < -0.4 is 0 Å². The Morgan fingerprint density at radius 2 is 1.78 bits per heavy atom. The Bertz CT molecular complexity index is 416. The molecule has 0 spiro atoms. The normalized spacial score (nSPS) is 18.3. The average molecular weight is 249 g/mol. The molecule has 1 fully saturated rings. The van der Waals surface area contributed by atoms with Crippen LogP contribution in [0.1, 0.15) is 11.6 Å². The molecule has 18 heavy (non-hydrogen) atoms. The first-order valence-corrected chi connectivity index (χ1v) is 5.82. The highest BCUT2D eigenvalue weighted by atomic mass is 16.4. The van der Waals surface area contributed by atoms with Gasteiger partial charge in [-0.25, -0.2) is 0 Å². The highest BCUT2D eigenvalue weighted by Crippen LogP contribution is 2.22. The van der Waals surface area contributed by atoms with Gasteiger partial charge in [-0.05, 0) is 5.56 Å². The Balaban J connectivity index is 2.12. The molecule has 0 bridgehead atoms. The summed E-state index contributed by atoms with van der Waals surface area (Å²) in [6.45, 7) is 2.00. The molecular formula is C12H15N3O3. The summed E-state index contributed by atoms with van der Waals surface area (Å²) in [5, 5.41) is 13.6. The van der Waals surface area contributed by atoms with E-state index in [1.807, 2.05) is 35.2 Å². The van der Waals surface area contributed by atoms with E-state index < -0.39 is 12.0 Å². The van der Waals surface area contributed by atoms with Crippen molar-refractivity contribution in [3.63, 3.8) is 0 Å². The molecule has 1 atom stereocenters. The predicted octanol–water partition coefficient (Wildman–Crippen LogP) is 1.11. The van der Waals surface area contributed by atoms with Gasteiger partial charge in [-0.3, -0.25) is 14.7 Å². The lowest BCUT2D eigenvalue weighted by Gasteiger charge is -2.35. The number of carboxylic acid groups (broad SMARTS) is 1. The van der Waals surface area contributed by atoms with Gasteiger partial charge in [0.2, 0.25) is 0 Å².